The van der Waals surface area contributed by atoms with Crippen molar-refractivity contribution >= 4 is 18.0 Å². The van der Waals surface area contributed by atoms with Gasteiger partial charge in [-0.25, -0.2) is 14.3 Å². The average Bonchev–Trinajstić information content (AvgIpc) is 3.17. The standard InChI is InChI=1S/C23H23N3O6/c1-16(27)26-13-19(21(28)25-26)12-20(22(29)31-14-17-8-4-2-5-9-17)24-23(30)32-15-18-10-6-3-7-11-18/h2-11,13,20H,12,14-15H2,1H3,(H,24,30)(H,25,28)/t20-/m0/s1. The van der Waals surface area contributed by atoms with E-state index < -0.39 is 29.6 Å². The number of nitrogens with zero attached hydrogens (tertiary/aromatic N) is 1. The highest BCUT2D eigenvalue weighted by atomic mass is 16.6. The monoisotopic (exact) mass is 437 g/mol. The number of rotatable bonds is 8. The fourth-order valence-electron chi connectivity index (χ4n) is 2.89. The quantitative estimate of drug-likeness (QED) is 0.523. The van der Waals surface area contributed by atoms with Crippen LogP contribution in [0.15, 0.2) is 71.7 Å². The maximum absolute atomic E-state index is 12.7. The number of hydrogen-bond acceptors (Lipinski definition) is 6. The van der Waals surface area contributed by atoms with Gasteiger partial charge in [-0.15, -0.1) is 0 Å². The molecule has 0 aliphatic rings. The molecule has 0 aliphatic heterocycles. The first-order valence-electron chi connectivity index (χ1n) is 9.91. The number of esters is 1. The van der Waals surface area contributed by atoms with Gasteiger partial charge < -0.3 is 14.8 Å². The van der Waals surface area contributed by atoms with Crippen molar-refractivity contribution in [2.75, 3.05) is 0 Å². The molecule has 1 amide bonds. The second kappa shape index (κ2) is 10.8. The first-order valence-corrected chi connectivity index (χ1v) is 9.91. The van der Waals surface area contributed by atoms with Gasteiger partial charge in [0.15, 0.2) is 0 Å². The molecule has 3 aromatic rings. The van der Waals surface area contributed by atoms with Crippen LogP contribution in [0.5, 0.6) is 0 Å². The maximum atomic E-state index is 12.7. The number of amides is 1. The number of hydrogen-bond donors (Lipinski definition) is 2. The molecule has 1 heterocycles. The minimum Gasteiger partial charge on any atom is -0.459 e. The van der Waals surface area contributed by atoms with Gasteiger partial charge in [-0.1, -0.05) is 60.7 Å². The van der Waals surface area contributed by atoms with E-state index in [2.05, 4.69) is 10.4 Å². The van der Waals surface area contributed by atoms with Crippen LogP contribution in [0.4, 0.5) is 4.79 Å². The predicted octanol–water partition coefficient (Wildman–Crippen LogP) is 2.42. The topological polar surface area (TPSA) is 119 Å². The van der Waals surface area contributed by atoms with Gasteiger partial charge in [-0.3, -0.25) is 14.7 Å². The number of H-pyrrole nitrogens is 1. The van der Waals surface area contributed by atoms with Crippen molar-refractivity contribution in [2.24, 2.45) is 0 Å². The summed E-state index contributed by atoms with van der Waals surface area (Å²) in [5, 5.41) is 4.82. The van der Waals surface area contributed by atoms with Crippen LogP contribution >= 0.6 is 0 Å². The van der Waals surface area contributed by atoms with Crippen LogP contribution in [0.25, 0.3) is 0 Å². The number of benzene rings is 2. The van der Waals surface area contributed by atoms with Crippen LogP contribution < -0.4 is 10.9 Å². The van der Waals surface area contributed by atoms with Gasteiger partial charge in [-0.05, 0) is 11.1 Å². The Balaban J connectivity index is 1.69. The van der Waals surface area contributed by atoms with Gasteiger partial charge in [0.2, 0.25) is 5.91 Å². The third-order valence-corrected chi connectivity index (χ3v) is 4.58. The number of carbonyl (C=O) groups is 3. The van der Waals surface area contributed by atoms with Crippen molar-refractivity contribution < 1.29 is 23.9 Å². The van der Waals surface area contributed by atoms with E-state index in [9.17, 15) is 19.2 Å². The molecular formula is C23H23N3O6. The Morgan fingerprint density at radius 3 is 2.03 bits per heavy atom. The summed E-state index contributed by atoms with van der Waals surface area (Å²) in [5.41, 5.74) is 1.15. The zero-order chi connectivity index (χ0) is 22.9. The van der Waals surface area contributed by atoms with Crippen molar-refractivity contribution in [1.29, 1.82) is 0 Å². The lowest BCUT2D eigenvalue weighted by atomic mass is 10.1. The van der Waals surface area contributed by atoms with Crippen LogP contribution in [-0.4, -0.2) is 33.8 Å². The smallest absolute Gasteiger partial charge is 0.408 e. The molecule has 0 radical (unpaired) electrons. The van der Waals surface area contributed by atoms with Crippen LogP contribution in [0, 0.1) is 0 Å². The zero-order valence-corrected chi connectivity index (χ0v) is 17.4. The fraction of sp³-hybridized carbons (Fsp3) is 0.217. The number of alkyl carbamates (subject to hydrolysis) is 1. The van der Waals surface area contributed by atoms with E-state index in [0.29, 0.717) is 0 Å². The summed E-state index contributed by atoms with van der Waals surface area (Å²) in [7, 11) is 0. The van der Waals surface area contributed by atoms with Gasteiger partial charge in [-0.2, -0.15) is 0 Å². The van der Waals surface area contributed by atoms with Crippen molar-refractivity contribution in [1.82, 2.24) is 15.1 Å². The van der Waals surface area contributed by atoms with Gasteiger partial charge in [0.25, 0.3) is 5.56 Å². The third kappa shape index (κ3) is 6.43. The molecule has 3 rings (SSSR count). The number of nitrogens with one attached hydrogen (secondary N) is 2. The summed E-state index contributed by atoms with van der Waals surface area (Å²) in [6.45, 7) is 1.30. The molecule has 0 saturated carbocycles. The lowest BCUT2D eigenvalue weighted by Crippen LogP contribution is -2.44. The highest BCUT2D eigenvalue weighted by Crippen LogP contribution is 2.07. The molecular weight excluding hydrogens is 414 g/mol. The van der Waals surface area contributed by atoms with Crippen LogP contribution in [0.3, 0.4) is 0 Å². The lowest BCUT2D eigenvalue weighted by molar-refractivity contribution is -0.147. The molecule has 9 nitrogen and oxygen atoms in total. The van der Waals surface area contributed by atoms with E-state index >= 15 is 0 Å². The Hall–Kier alpha value is -4.14. The summed E-state index contributed by atoms with van der Waals surface area (Å²) in [5.74, 6) is -1.13. The first-order chi connectivity index (χ1) is 15.4. The fourth-order valence-corrected chi connectivity index (χ4v) is 2.89. The third-order valence-electron chi connectivity index (χ3n) is 4.58. The van der Waals surface area contributed by atoms with E-state index in [1.165, 1.54) is 13.1 Å². The number of aromatic amines is 1. The number of aromatic nitrogens is 2. The lowest BCUT2D eigenvalue weighted by Gasteiger charge is -2.17. The van der Waals surface area contributed by atoms with E-state index in [-0.39, 0.29) is 25.2 Å². The molecule has 32 heavy (non-hydrogen) atoms. The Labute approximate surface area is 183 Å². The van der Waals surface area contributed by atoms with Gasteiger partial charge in [0.1, 0.15) is 19.3 Å². The molecule has 166 valence electrons. The minimum absolute atomic E-state index is 0.00172. The summed E-state index contributed by atoms with van der Waals surface area (Å²) in [6, 6.07) is 16.9. The molecule has 2 N–H and O–H groups in total. The van der Waals surface area contributed by atoms with Gasteiger partial charge in [0, 0.05) is 25.1 Å². The summed E-state index contributed by atoms with van der Waals surface area (Å²) in [4.78, 5) is 48.7. The molecule has 0 aliphatic carbocycles. The minimum atomic E-state index is -1.19. The Bertz CT molecular complexity index is 1120. The van der Waals surface area contributed by atoms with Crippen LogP contribution in [0.2, 0.25) is 0 Å². The largest absolute Gasteiger partial charge is 0.459 e. The SMILES string of the molecule is CC(=O)n1cc(C[C@H](NC(=O)OCc2ccccc2)C(=O)OCc2ccccc2)c(=O)[nH]1. The molecule has 9 heteroatoms. The molecule has 0 bridgehead atoms. The summed E-state index contributed by atoms with van der Waals surface area (Å²) >= 11 is 0. The van der Waals surface area contributed by atoms with E-state index in [1.807, 2.05) is 36.4 Å². The second-order valence-electron chi connectivity index (χ2n) is 7.04. The van der Waals surface area contributed by atoms with Gasteiger partial charge >= 0.3 is 12.1 Å². The van der Waals surface area contributed by atoms with E-state index in [1.54, 1.807) is 24.3 Å². The normalized spacial score (nSPS) is 11.4. The first kappa shape index (κ1) is 22.5. The van der Waals surface area contributed by atoms with Gasteiger partial charge in [0.05, 0.1) is 0 Å². The van der Waals surface area contributed by atoms with Crippen molar-refractivity contribution in [3.63, 3.8) is 0 Å². The molecule has 0 unspecified atom stereocenters. The molecule has 2 aromatic carbocycles. The molecule has 1 aromatic heterocycles. The average molecular weight is 437 g/mol. The second-order valence-corrected chi connectivity index (χ2v) is 7.04. The molecule has 0 saturated heterocycles. The molecule has 0 spiro atoms. The Morgan fingerprint density at radius 1 is 0.938 bits per heavy atom. The number of carbonyl (C=O) groups excluding carboxylic acids is 3. The van der Waals surface area contributed by atoms with Crippen molar-refractivity contribution in [3.8, 4) is 0 Å². The molecule has 1 atom stereocenters. The van der Waals surface area contributed by atoms with Crippen molar-refractivity contribution in [2.45, 2.75) is 32.6 Å². The molecule has 0 fully saturated rings. The summed E-state index contributed by atoms with van der Waals surface area (Å²) in [6.07, 6.45) is 0.279. The summed E-state index contributed by atoms with van der Waals surface area (Å²) < 4.78 is 11.5. The van der Waals surface area contributed by atoms with E-state index in [0.717, 1.165) is 15.8 Å². The van der Waals surface area contributed by atoms with Crippen LogP contribution in [0.1, 0.15) is 28.4 Å². The Kier molecular flexibility index (Phi) is 7.58. The van der Waals surface area contributed by atoms with E-state index in [4.69, 9.17) is 9.47 Å². The zero-order valence-electron chi connectivity index (χ0n) is 17.4. The highest BCUT2D eigenvalue weighted by Gasteiger charge is 2.26. The maximum Gasteiger partial charge on any atom is 0.408 e. The predicted molar refractivity (Wildman–Crippen MR) is 115 cm³/mol. The van der Waals surface area contributed by atoms with Crippen LogP contribution in [-0.2, 0) is 33.9 Å². The van der Waals surface area contributed by atoms with Crippen molar-refractivity contribution in [3.05, 3.63) is 93.9 Å². The highest BCUT2D eigenvalue weighted by molar-refractivity contribution is 5.81. The number of ether oxygens (including phenoxy) is 2. The Morgan fingerprint density at radius 2 is 1.50 bits per heavy atom.